The molecule has 200 valence electrons. The first kappa shape index (κ1) is 26.2. The second-order valence-corrected chi connectivity index (χ2v) is 11.5. The molecule has 2 N–H and O–H groups in total. The molecule has 1 aliphatic rings. The van der Waals surface area contributed by atoms with Gasteiger partial charge in [-0.3, -0.25) is 4.72 Å². The summed E-state index contributed by atoms with van der Waals surface area (Å²) in [7, 11) is -5.55. The summed E-state index contributed by atoms with van der Waals surface area (Å²) in [4.78, 5) is 4.37. The van der Waals surface area contributed by atoms with E-state index in [1.807, 2.05) is 0 Å². The molecule has 0 amide bonds. The average Bonchev–Trinajstić information content (AvgIpc) is 3.26. The Balaban J connectivity index is 1.27. The minimum atomic E-state index is -5.55. The topological polar surface area (TPSA) is 97.8 Å². The van der Waals surface area contributed by atoms with Gasteiger partial charge in [-0.15, -0.1) is 11.3 Å². The summed E-state index contributed by atoms with van der Waals surface area (Å²) in [6.07, 6.45) is -0.751. The molecule has 0 bridgehead atoms. The van der Waals surface area contributed by atoms with Crippen LogP contribution in [-0.4, -0.2) is 30.6 Å². The molecule has 0 aliphatic carbocycles. The van der Waals surface area contributed by atoms with E-state index in [1.165, 1.54) is 46.4 Å². The smallest absolute Gasteiger partial charge is 0.493 e. The standard InChI is InChI=1S/C25H20F4N2O5S2/c26-16-4-7-22-20(10-16)30-23(37-22)13-35-18-5-6-21-19(11-18)24(32)15(12-36-21)8-14-2-1-3-17(9-14)31-38(33,34)25(27,28)29/h1-7,9-11,15,24,31-32H,8,12-13H2. The van der Waals surface area contributed by atoms with Gasteiger partial charge in [-0.1, -0.05) is 12.1 Å². The van der Waals surface area contributed by atoms with Crippen LogP contribution in [0.4, 0.5) is 23.2 Å². The third-order valence-corrected chi connectivity index (χ3v) is 8.06. The van der Waals surface area contributed by atoms with Crippen molar-refractivity contribution in [3.05, 3.63) is 82.6 Å². The first-order valence-electron chi connectivity index (χ1n) is 11.3. The molecular weight excluding hydrogens is 548 g/mol. The van der Waals surface area contributed by atoms with Gasteiger partial charge in [-0.05, 0) is 54.4 Å². The van der Waals surface area contributed by atoms with E-state index in [4.69, 9.17) is 9.47 Å². The van der Waals surface area contributed by atoms with Gasteiger partial charge in [0.1, 0.15) is 28.9 Å². The molecule has 5 rings (SSSR count). The second-order valence-electron chi connectivity index (χ2n) is 8.68. The number of alkyl halides is 3. The predicted molar refractivity (Wildman–Crippen MR) is 133 cm³/mol. The fraction of sp³-hybridized carbons (Fsp3) is 0.240. The number of fused-ring (bicyclic) bond motifs is 2. The van der Waals surface area contributed by atoms with Gasteiger partial charge < -0.3 is 14.6 Å². The van der Waals surface area contributed by atoms with Crippen LogP contribution in [0.15, 0.2) is 60.7 Å². The molecule has 7 nitrogen and oxygen atoms in total. The zero-order valence-electron chi connectivity index (χ0n) is 19.4. The SMILES string of the molecule is O=S(=O)(Nc1cccc(CC2COc3ccc(OCc4nc5cc(F)ccc5s4)cc3C2O)c1)C(F)(F)F. The van der Waals surface area contributed by atoms with E-state index in [9.17, 15) is 31.1 Å². The van der Waals surface area contributed by atoms with Crippen molar-refractivity contribution in [1.82, 2.24) is 4.98 Å². The van der Waals surface area contributed by atoms with Crippen molar-refractivity contribution < 1.29 is 40.6 Å². The van der Waals surface area contributed by atoms with Crippen LogP contribution in [-0.2, 0) is 23.1 Å². The molecule has 0 spiro atoms. The van der Waals surface area contributed by atoms with Gasteiger partial charge in [-0.25, -0.2) is 9.37 Å². The number of rotatable bonds is 7. The fourth-order valence-electron chi connectivity index (χ4n) is 4.12. The molecule has 2 unspecified atom stereocenters. The van der Waals surface area contributed by atoms with Crippen LogP contribution >= 0.6 is 11.3 Å². The number of anilines is 1. The zero-order valence-corrected chi connectivity index (χ0v) is 21.0. The quantitative estimate of drug-likeness (QED) is 0.284. The molecule has 1 aromatic heterocycles. The van der Waals surface area contributed by atoms with Crippen LogP contribution in [0.2, 0.25) is 0 Å². The number of sulfonamides is 1. The van der Waals surface area contributed by atoms with Crippen LogP contribution in [0.3, 0.4) is 0 Å². The lowest BCUT2D eigenvalue weighted by Gasteiger charge is -2.30. The van der Waals surface area contributed by atoms with Gasteiger partial charge in [-0.2, -0.15) is 21.6 Å². The van der Waals surface area contributed by atoms with Crippen LogP contribution < -0.4 is 14.2 Å². The average molecular weight is 569 g/mol. The first-order valence-corrected chi connectivity index (χ1v) is 13.6. The Morgan fingerprint density at radius 3 is 2.74 bits per heavy atom. The summed E-state index contributed by atoms with van der Waals surface area (Å²) in [5.41, 5.74) is -4.13. The van der Waals surface area contributed by atoms with Gasteiger partial charge >= 0.3 is 15.5 Å². The molecule has 1 aliphatic heterocycles. The van der Waals surface area contributed by atoms with E-state index in [0.29, 0.717) is 33.2 Å². The van der Waals surface area contributed by atoms with Crippen molar-refractivity contribution in [2.24, 2.45) is 5.92 Å². The molecule has 3 aromatic carbocycles. The number of benzene rings is 3. The lowest BCUT2D eigenvalue weighted by Crippen LogP contribution is -2.30. The van der Waals surface area contributed by atoms with Gasteiger partial charge in [0, 0.05) is 23.2 Å². The molecule has 0 radical (unpaired) electrons. The zero-order chi connectivity index (χ0) is 27.1. The minimum Gasteiger partial charge on any atom is -0.493 e. The van der Waals surface area contributed by atoms with Crippen molar-refractivity contribution in [2.75, 3.05) is 11.3 Å². The summed E-state index contributed by atoms with van der Waals surface area (Å²) in [6.45, 7) is 0.288. The maximum atomic E-state index is 13.4. The number of aliphatic hydroxyl groups excluding tert-OH is 1. The van der Waals surface area contributed by atoms with E-state index < -0.39 is 27.6 Å². The number of thiazole rings is 1. The van der Waals surface area contributed by atoms with Crippen molar-refractivity contribution in [3.8, 4) is 11.5 Å². The number of nitrogens with one attached hydrogen (secondary N) is 1. The van der Waals surface area contributed by atoms with Crippen LogP contribution in [0, 0.1) is 11.7 Å². The van der Waals surface area contributed by atoms with E-state index in [0.717, 1.165) is 4.70 Å². The molecule has 13 heteroatoms. The maximum Gasteiger partial charge on any atom is 0.516 e. The summed E-state index contributed by atoms with van der Waals surface area (Å²) < 4.78 is 88.4. The monoisotopic (exact) mass is 568 g/mol. The molecule has 2 heterocycles. The highest BCUT2D eigenvalue weighted by Crippen LogP contribution is 2.39. The molecule has 0 saturated heterocycles. The number of halogens is 4. The number of aromatic nitrogens is 1. The maximum absolute atomic E-state index is 13.4. The Kier molecular flexibility index (Phi) is 6.92. The first-order chi connectivity index (χ1) is 18.0. The number of hydrogen-bond acceptors (Lipinski definition) is 7. The Morgan fingerprint density at radius 1 is 1.13 bits per heavy atom. The number of ether oxygens (including phenoxy) is 2. The Morgan fingerprint density at radius 2 is 1.95 bits per heavy atom. The highest BCUT2D eigenvalue weighted by Gasteiger charge is 2.46. The summed E-state index contributed by atoms with van der Waals surface area (Å²) in [5.74, 6) is 0.110. The lowest BCUT2D eigenvalue weighted by atomic mass is 9.88. The molecular formula is C25H20F4N2O5S2. The highest BCUT2D eigenvalue weighted by atomic mass is 32.2. The lowest BCUT2D eigenvalue weighted by molar-refractivity contribution is -0.0429. The Labute approximate surface area is 218 Å². The molecule has 4 aromatic rings. The number of aliphatic hydroxyl groups is 1. The molecule has 38 heavy (non-hydrogen) atoms. The molecule has 2 atom stereocenters. The second kappa shape index (κ2) is 10.0. The van der Waals surface area contributed by atoms with E-state index in [1.54, 1.807) is 30.3 Å². The summed E-state index contributed by atoms with van der Waals surface area (Å²) >= 11 is 1.38. The highest BCUT2D eigenvalue weighted by molar-refractivity contribution is 7.93. The van der Waals surface area contributed by atoms with Gasteiger partial charge in [0.15, 0.2) is 0 Å². The fourth-order valence-corrected chi connectivity index (χ4v) is 5.54. The van der Waals surface area contributed by atoms with Crippen LogP contribution in [0.1, 0.15) is 22.2 Å². The molecule has 0 saturated carbocycles. The number of hydrogen-bond donors (Lipinski definition) is 2. The summed E-state index contributed by atoms with van der Waals surface area (Å²) in [5, 5.41) is 11.7. The normalized spacial score (nSPS) is 17.6. The minimum absolute atomic E-state index is 0.140. The van der Waals surface area contributed by atoms with Crippen molar-refractivity contribution >= 4 is 37.3 Å². The van der Waals surface area contributed by atoms with E-state index >= 15 is 0 Å². The predicted octanol–water partition coefficient (Wildman–Crippen LogP) is 5.56. The number of nitrogens with zero attached hydrogens (tertiary/aromatic N) is 1. The Hall–Kier alpha value is -3.42. The van der Waals surface area contributed by atoms with Crippen molar-refractivity contribution in [2.45, 2.75) is 24.6 Å². The van der Waals surface area contributed by atoms with Crippen LogP contribution in [0.25, 0.3) is 10.2 Å². The van der Waals surface area contributed by atoms with E-state index in [-0.39, 0.29) is 31.1 Å². The largest absolute Gasteiger partial charge is 0.516 e. The van der Waals surface area contributed by atoms with E-state index in [2.05, 4.69) is 4.98 Å². The van der Waals surface area contributed by atoms with Crippen molar-refractivity contribution in [3.63, 3.8) is 0 Å². The summed E-state index contributed by atoms with van der Waals surface area (Å²) in [6, 6.07) is 14.9. The molecule has 0 fully saturated rings. The van der Waals surface area contributed by atoms with Gasteiger partial charge in [0.05, 0.1) is 22.9 Å². The third kappa shape index (κ3) is 5.54. The van der Waals surface area contributed by atoms with Gasteiger partial charge in [0.25, 0.3) is 0 Å². The van der Waals surface area contributed by atoms with Crippen LogP contribution in [0.5, 0.6) is 11.5 Å². The van der Waals surface area contributed by atoms with Crippen molar-refractivity contribution in [1.29, 1.82) is 0 Å². The third-order valence-electron chi connectivity index (χ3n) is 5.94. The Bertz CT molecular complexity index is 1590. The van der Waals surface area contributed by atoms with Gasteiger partial charge in [0.2, 0.25) is 0 Å².